The van der Waals surface area contributed by atoms with Gasteiger partial charge in [-0.05, 0) is 12.1 Å². The molecule has 3 heterocycles. The molecule has 2 aromatic heterocycles. The van der Waals surface area contributed by atoms with Crippen LogP contribution in [-0.4, -0.2) is 47.0 Å². The van der Waals surface area contributed by atoms with Gasteiger partial charge in [0.2, 0.25) is 5.91 Å². The standard InChI is InChI=1S/C21H19N5OS/c22-14-17-7-4-8-23-20(17)26-11-9-25(10-12-26)19(27)13-18-15-28-21(24-18)16-5-2-1-3-6-16/h1-8,15H,9-13H2. The molecule has 1 aliphatic rings. The van der Waals surface area contributed by atoms with Crippen molar-refractivity contribution in [3.05, 3.63) is 65.3 Å². The Balaban J connectivity index is 1.36. The molecule has 0 saturated carbocycles. The van der Waals surface area contributed by atoms with Crippen LogP contribution in [0.4, 0.5) is 5.82 Å². The molecule has 0 radical (unpaired) electrons. The first-order valence-corrected chi connectivity index (χ1v) is 10.0. The number of carbonyl (C=O) groups excluding carboxylic acids is 1. The summed E-state index contributed by atoms with van der Waals surface area (Å²) in [6.45, 7) is 2.58. The number of amides is 1. The third-order valence-corrected chi connectivity index (χ3v) is 5.68. The Morgan fingerprint density at radius 2 is 1.89 bits per heavy atom. The number of piperazine rings is 1. The summed E-state index contributed by atoms with van der Waals surface area (Å²) >= 11 is 1.56. The number of anilines is 1. The molecule has 140 valence electrons. The third-order valence-electron chi connectivity index (χ3n) is 4.74. The number of rotatable bonds is 4. The molecule has 6 nitrogen and oxygen atoms in total. The SMILES string of the molecule is N#Cc1cccnc1N1CCN(C(=O)Cc2csc(-c3ccccc3)n2)CC1. The average molecular weight is 389 g/mol. The Morgan fingerprint density at radius 3 is 2.64 bits per heavy atom. The van der Waals surface area contributed by atoms with Gasteiger partial charge in [0.25, 0.3) is 0 Å². The minimum Gasteiger partial charge on any atom is -0.352 e. The van der Waals surface area contributed by atoms with Gasteiger partial charge in [0.15, 0.2) is 0 Å². The first-order chi connectivity index (χ1) is 13.7. The quantitative estimate of drug-likeness (QED) is 0.686. The van der Waals surface area contributed by atoms with Crippen molar-refractivity contribution in [1.82, 2.24) is 14.9 Å². The number of hydrogen-bond donors (Lipinski definition) is 0. The van der Waals surface area contributed by atoms with E-state index in [4.69, 9.17) is 0 Å². The van der Waals surface area contributed by atoms with Gasteiger partial charge in [-0.1, -0.05) is 30.3 Å². The fourth-order valence-electron chi connectivity index (χ4n) is 3.27. The molecule has 1 saturated heterocycles. The van der Waals surface area contributed by atoms with Crippen LogP contribution in [-0.2, 0) is 11.2 Å². The Bertz CT molecular complexity index is 1000. The van der Waals surface area contributed by atoms with E-state index in [2.05, 4.69) is 20.9 Å². The highest BCUT2D eigenvalue weighted by molar-refractivity contribution is 7.13. The summed E-state index contributed by atoms with van der Waals surface area (Å²) < 4.78 is 0. The van der Waals surface area contributed by atoms with Crippen molar-refractivity contribution < 1.29 is 4.79 Å². The third kappa shape index (κ3) is 3.87. The van der Waals surface area contributed by atoms with Crippen molar-refractivity contribution in [2.45, 2.75) is 6.42 Å². The highest BCUT2D eigenvalue weighted by Crippen LogP contribution is 2.24. The molecule has 0 N–H and O–H groups in total. The van der Waals surface area contributed by atoms with Crippen LogP contribution in [0.2, 0.25) is 0 Å². The zero-order chi connectivity index (χ0) is 19.3. The van der Waals surface area contributed by atoms with Crippen molar-refractivity contribution in [1.29, 1.82) is 5.26 Å². The van der Waals surface area contributed by atoms with E-state index in [1.807, 2.05) is 40.6 Å². The molecule has 1 amide bonds. The van der Waals surface area contributed by atoms with Crippen molar-refractivity contribution in [2.75, 3.05) is 31.1 Å². The molecule has 3 aromatic rings. The largest absolute Gasteiger partial charge is 0.352 e. The number of aromatic nitrogens is 2. The van der Waals surface area contributed by atoms with Gasteiger partial charge in [-0.25, -0.2) is 9.97 Å². The summed E-state index contributed by atoms with van der Waals surface area (Å²) in [4.78, 5) is 25.6. The lowest BCUT2D eigenvalue weighted by Crippen LogP contribution is -2.49. The van der Waals surface area contributed by atoms with Crippen LogP contribution in [0.3, 0.4) is 0 Å². The Hall–Kier alpha value is -3.24. The molecule has 0 unspecified atom stereocenters. The maximum Gasteiger partial charge on any atom is 0.228 e. The highest BCUT2D eigenvalue weighted by atomic mass is 32.1. The number of thiazole rings is 1. The number of benzene rings is 1. The van der Waals surface area contributed by atoms with Crippen molar-refractivity contribution in [3.8, 4) is 16.6 Å². The van der Waals surface area contributed by atoms with Crippen LogP contribution < -0.4 is 4.90 Å². The van der Waals surface area contributed by atoms with E-state index in [0.29, 0.717) is 44.0 Å². The molecule has 1 fully saturated rings. The molecular formula is C21H19N5OS. The van der Waals surface area contributed by atoms with E-state index in [-0.39, 0.29) is 5.91 Å². The van der Waals surface area contributed by atoms with Crippen molar-refractivity contribution in [3.63, 3.8) is 0 Å². The number of hydrogen-bond acceptors (Lipinski definition) is 6. The van der Waals surface area contributed by atoms with Crippen LogP contribution in [0.1, 0.15) is 11.3 Å². The van der Waals surface area contributed by atoms with Gasteiger partial charge in [0.1, 0.15) is 16.9 Å². The first kappa shape index (κ1) is 18.1. The number of carbonyl (C=O) groups is 1. The summed E-state index contributed by atoms with van der Waals surface area (Å²) in [7, 11) is 0. The van der Waals surface area contributed by atoms with Crippen LogP contribution >= 0.6 is 11.3 Å². The van der Waals surface area contributed by atoms with Gasteiger partial charge >= 0.3 is 0 Å². The van der Waals surface area contributed by atoms with Gasteiger partial charge in [-0.3, -0.25) is 4.79 Å². The van der Waals surface area contributed by atoms with Crippen molar-refractivity contribution >= 4 is 23.1 Å². The fourth-order valence-corrected chi connectivity index (χ4v) is 4.10. The van der Waals surface area contributed by atoms with Gasteiger partial charge in [0, 0.05) is 43.3 Å². The van der Waals surface area contributed by atoms with Crippen LogP contribution in [0.25, 0.3) is 10.6 Å². The molecule has 0 bridgehead atoms. The zero-order valence-corrected chi connectivity index (χ0v) is 16.1. The fraction of sp³-hybridized carbons (Fsp3) is 0.238. The lowest BCUT2D eigenvalue weighted by molar-refractivity contribution is -0.130. The lowest BCUT2D eigenvalue weighted by Gasteiger charge is -2.35. The van der Waals surface area contributed by atoms with Crippen LogP contribution in [0, 0.1) is 11.3 Å². The summed E-state index contributed by atoms with van der Waals surface area (Å²) in [6, 6.07) is 15.7. The Kier molecular flexibility index (Phi) is 5.31. The maximum atomic E-state index is 12.7. The maximum absolute atomic E-state index is 12.7. The molecule has 28 heavy (non-hydrogen) atoms. The Morgan fingerprint density at radius 1 is 1.11 bits per heavy atom. The second-order valence-electron chi connectivity index (χ2n) is 6.54. The zero-order valence-electron chi connectivity index (χ0n) is 15.3. The number of nitriles is 1. The van der Waals surface area contributed by atoms with E-state index in [0.717, 1.165) is 16.3 Å². The summed E-state index contributed by atoms with van der Waals surface area (Å²) in [5.41, 5.74) is 2.45. The number of pyridine rings is 1. The average Bonchev–Trinajstić information content (AvgIpc) is 3.23. The minimum atomic E-state index is 0.0890. The van der Waals surface area contributed by atoms with Gasteiger partial charge in [0.05, 0.1) is 17.7 Å². The Labute approximate surface area is 167 Å². The molecule has 0 spiro atoms. The molecule has 0 aliphatic carbocycles. The molecule has 1 aromatic carbocycles. The predicted octanol–water partition coefficient (Wildman–Crippen LogP) is 2.97. The van der Waals surface area contributed by atoms with Crippen LogP contribution in [0.5, 0.6) is 0 Å². The first-order valence-electron chi connectivity index (χ1n) is 9.12. The van der Waals surface area contributed by atoms with Gasteiger partial charge in [-0.15, -0.1) is 11.3 Å². The van der Waals surface area contributed by atoms with Crippen molar-refractivity contribution in [2.24, 2.45) is 0 Å². The summed E-state index contributed by atoms with van der Waals surface area (Å²) in [6.07, 6.45) is 2.01. The number of nitrogens with zero attached hydrogens (tertiary/aromatic N) is 5. The summed E-state index contributed by atoms with van der Waals surface area (Å²) in [5, 5.41) is 12.1. The van der Waals surface area contributed by atoms with Gasteiger partial charge in [-0.2, -0.15) is 5.26 Å². The smallest absolute Gasteiger partial charge is 0.228 e. The molecule has 7 heteroatoms. The van der Waals surface area contributed by atoms with Gasteiger partial charge < -0.3 is 9.80 Å². The predicted molar refractivity (Wildman–Crippen MR) is 109 cm³/mol. The molecular weight excluding hydrogens is 370 g/mol. The van der Waals surface area contributed by atoms with E-state index in [9.17, 15) is 10.1 Å². The summed E-state index contributed by atoms with van der Waals surface area (Å²) in [5.74, 6) is 0.787. The lowest BCUT2D eigenvalue weighted by atomic mass is 10.2. The molecule has 4 rings (SSSR count). The normalized spacial score (nSPS) is 14.0. The molecule has 0 atom stereocenters. The topological polar surface area (TPSA) is 73.1 Å². The molecule has 1 aliphatic heterocycles. The van der Waals surface area contributed by atoms with E-state index >= 15 is 0 Å². The second-order valence-corrected chi connectivity index (χ2v) is 7.40. The van der Waals surface area contributed by atoms with E-state index in [1.54, 1.807) is 29.7 Å². The highest BCUT2D eigenvalue weighted by Gasteiger charge is 2.24. The minimum absolute atomic E-state index is 0.0890. The van der Waals surface area contributed by atoms with Crippen LogP contribution in [0.15, 0.2) is 54.0 Å². The van der Waals surface area contributed by atoms with E-state index < -0.39 is 0 Å². The van der Waals surface area contributed by atoms with E-state index in [1.165, 1.54) is 0 Å². The monoisotopic (exact) mass is 389 g/mol. The second kappa shape index (κ2) is 8.19.